The van der Waals surface area contributed by atoms with Gasteiger partial charge in [-0.25, -0.2) is 4.68 Å². The molecule has 0 radical (unpaired) electrons. The van der Waals surface area contributed by atoms with Crippen molar-refractivity contribution in [3.05, 3.63) is 52.7 Å². The van der Waals surface area contributed by atoms with Crippen molar-refractivity contribution in [1.82, 2.24) is 9.78 Å². The van der Waals surface area contributed by atoms with Gasteiger partial charge < -0.3 is 14.3 Å². The molecule has 0 aliphatic carbocycles. The second-order valence-corrected chi connectivity index (χ2v) is 7.43. The van der Waals surface area contributed by atoms with Crippen LogP contribution in [0.1, 0.15) is 55.5 Å². The van der Waals surface area contributed by atoms with E-state index in [2.05, 4.69) is 36.2 Å². The summed E-state index contributed by atoms with van der Waals surface area (Å²) in [5.74, 6) is 1.69. The number of aromatic nitrogens is 2. The van der Waals surface area contributed by atoms with Gasteiger partial charge in [-0.15, -0.1) is 0 Å². The Morgan fingerprint density at radius 3 is 2.50 bits per heavy atom. The molecule has 0 spiro atoms. The summed E-state index contributed by atoms with van der Waals surface area (Å²) in [5, 5.41) is 8.31. The van der Waals surface area contributed by atoms with Crippen LogP contribution in [0, 0.1) is 13.8 Å². The van der Waals surface area contributed by atoms with Crippen LogP contribution in [0.25, 0.3) is 0 Å². The Kier molecular flexibility index (Phi) is 9.45. The van der Waals surface area contributed by atoms with E-state index in [0.29, 0.717) is 13.2 Å². The molecule has 1 aromatic carbocycles. The number of nitrogens with zero attached hydrogens (tertiary/aromatic N) is 3. The topological polar surface area (TPSA) is 57.9 Å². The fraction of sp³-hybridized carbons (Fsp3) is 0.500. The second-order valence-electron chi connectivity index (χ2n) is 7.43. The van der Waals surface area contributed by atoms with Crippen molar-refractivity contribution >= 4 is 5.71 Å². The van der Waals surface area contributed by atoms with Crippen molar-refractivity contribution in [2.75, 3.05) is 20.3 Å². The molecule has 0 saturated carbocycles. The minimum atomic E-state index is 0.617. The molecule has 164 valence electrons. The summed E-state index contributed by atoms with van der Waals surface area (Å²) < 4.78 is 13.4. The van der Waals surface area contributed by atoms with Gasteiger partial charge in [0, 0.05) is 13.1 Å². The van der Waals surface area contributed by atoms with E-state index in [-0.39, 0.29) is 0 Å². The summed E-state index contributed by atoms with van der Waals surface area (Å²) in [6.45, 7) is 9.49. The van der Waals surface area contributed by atoms with E-state index >= 15 is 0 Å². The molecule has 30 heavy (non-hydrogen) atoms. The molecular formula is C24H35N3O3. The number of aryl methyl sites for hydroxylation is 3. The number of hydrogen-bond donors (Lipinski definition) is 0. The summed E-state index contributed by atoms with van der Waals surface area (Å²) in [4.78, 5) is 4.80. The van der Waals surface area contributed by atoms with E-state index in [1.54, 1.807) is 4.68 Å². The minimum Gasteiger partial charge on any atom is -0.490 e. The molecule has 1 heterocycles. The number of hydrogen-bond acceptors (Lipinski definition) is 5. The highest BCUT2D eigenvalue weighted by Crippen LogP contribution is 2.24. The number of benzene rings is 1. The third-order valence-electron chi connectivity index (χ3n) is 5.01. The minimum absolute atomic E-state index is 0.617. The molecule has 6 nitrogen and oxygen atoms in total. The monoisotopic (exact) mass is 413 g/mol. The van der Waals surface area contributed by atoms with Gasteiger partial charge in [0.25, 0.3) is 0 Å². The predicted octanol–water partition coefficient (Wildman–Crippen LogP) is 5.15. The Hall–Kier alpha value is -2.76. The van der Waals surface area contributed by atoms with Crippen LogP contribution in [0.15, 0.2) is 35.5 Å². The zero-order chi connectivity index (χ0) is 21.9. The highest BCUT2D eigenvalue weighted by molar-refractivity contribution is 5.96. The zero-order valence-corrected chi connectivity index (χ0v) is 19.2. The number of oxime groups is 1. The Morgan fingerprint density at radius 1 is 1.10 bits per heavy atom. The Bertz CT molecular complexity index is 846. The Morgan fingerprint density at radius 2 is 1.83 bits per heavy atom. The lowest BCUT2D eigenvalue weighted by Gasteiger charge is -2.13. The van der Waals surface area contributed by atoms with E-state index < -0.39 is 0 Å². The maximum atomic E-state index is 5.89. The molecular weight excluding hydrogens is 378 g/mol. The number of unbranched alkanes of at least 4 members (excludes halogenated alkanes) is 2. The van der Waals surface area contributed by atoms with Crippen LogP contribution in [-0.2, 0) is 18.3 Å². The third-order valence-corrected chi connectivity index (χ3v) is 5.01. The first-order valence-corrected chi connectivity index (χ1v) is 10.5. The quantitative estimate of drug-likeness (QED) is 0.209. The molecule has 2 aromatic rings. The number of rotatable bonds is 12. The molecule has 0 N–H and O–H groups in total. The van der Waals surface area contributed by atoms with Crippen molar-refractivity contribution in [2.45, 2.75) is 53.4 Å². The van der Waals surface area contributed by atoms with Gasteiger partial charge in [-0.05, 0) is 82.2 Å². The van der Waals surface area contributed by atoms with Gasteiger partial charge in [0.2, 0.25) is 5.88 Å². The molecule has 0 aliphatic rings. The molecule has 0 unspecified atom stereocenters. The van der Waals surface area contributed by atoms with Crippen molar-refractivity contribution in [3.63, 3.8) is 0 Å². The normalized spacial score (nSPS) is 11.9. The molecule has 0 saturated heterocycles. The third kappa shape index (κ3) is 6.94. The summed E-state index contributed by atoms with van der Waals surface area (Å²) in [6.07, 6.45) is 8.36. The fourth-order valence-corrected chi connectivity index (χ4v) is 3.37. The average molecular weight is 414 g/mol. The van der Waals surface area contributed by atoms with Crippen molar-refractivity contribution in [3.8, 4) is 11.6 Å². The van der Waals surface area contributed by atoms with E-state index in [9.17, 15) is 0 Å². The summed E-state index contributed by atoms with van der Waals surface area (Å²) in [7, 11) is 3.40. The number of allylic oxidation sites excluding steroid dienone is 1. The van der Waals surface area contributed by atoms with Gasteiger partial charge in [0.05, 0.1) is 6.61 Å². The van der Waals surface area contributed by atoms with Crippen LogP contribution in [0.3, 0.4) is 0 Å². The SMILES string of the molecule is C/C=C/COc1cc(C)c(CCCCCOc2cc(C(C)=NOC)nn2C)c(C)c1. The Labute approximate surface area is 180 Å². The van der Waals surface area contributed by atoms with Gasteiger partial charge in [0.15, 0.2) is 0 Å². The van der Waals surface area contributed by atoms with Crippen LogP contribution in [0.2, 0.25) is 0 Å². The van der Waals surface area contributed by atoms with E-state index in [0.717, 1.165) is 48.7 Å². The maximum Gasteiger partial charge on any atom is 0.212 e. The van der Waals surface area contributed by atoms with Gasteiger partial charge in [-0.2, -0.15) is 5.10 Å². The van der Waals surface area contributed by atoms with Crippen molar-refractivity contribution < 1.29 is 14.3 Å². The lowest BCUT2D eigenvalue weighted by Crippen LogP contribution is -2.03. The average Bonchev–Trinajstić information content (AvgIpc) is 3.07. The highest BCUT2D eigenvalue weighted by Gasteiger charge is 2.09. The van der Waals surface area contributed by atoms with Crippen molar-refractivity contribution in [1.29, 1.82) is 0 Å². The lowest BCUT2D eigenvalue weighted by atomic mass is 9.97. The van der Waals surface area contributed by atoms with Gasteiger partial charge in [-0.1, -0.05) is 17.3 Å². The summed E-state index contributed by atoms with van der Waals surface area (Å²) in [6, 6.07) is 6.18. The first-order valence-electron chi connectivity index (χ1n) is 10.5. The van der Waals surface area contributed by atoms with Gasteiger partial charge >= 0.3 is 0 Å². The summed E-state index contributed by atoms with van der Waals surface area (Å²) >= 11 is 0. The zero-order valence-electron chi connectivity index (χ0n) is 19.2. The largest absolute Gasteiger partial charge is 0.490 e. The molecule has 0 atom stereocenters. The van der Waals surface area contributed by atoms with Crippen LogP contribution < -0.4 is 9.47 Å². The maximum absolute atomic E-state index is 5.89. The van der Waals surface area contributed by atoms with Crippen LogP contribution >= 0.6 is 0 Å². The standard InChI is InChI=1S/C24H35N3O3/c1-7-8-13-29-21-15-18(2)22(19(3)16-21)12-10-9-11-14-30-24-17-23(25-27(24)5)20(4)26-28-6/h7-8,15-17H,9-14H2,1-6H3/b8-7+,26-20?. The fourth-order valence-electron chi connectivity index (χ4n) is 3.37. The number of ether oxygens (including phenoxy) is 2. The molecule has 6 heteroatoms. The Balaban J connectivity index is 1.76. The van der Waals surface area contributed by atoms with Crippen LogP contribution in [0.4, 0.5) is 0 Å². The summed E-state index contributed by atoms with van der Waals surface area (Å²) in [5.41, 5.74) is 5.53. The predicted molar refractivity (Wildman–Crippen MR) is 122 cm³/mol. The molecule has 1 aromatic heterocycles. The first kappa shape index (κ1) is 23.5. The molecule has 0 amide bonds. The van der Waals surface area contributed by atoms with Crippen molar-refractivity contribution in [2.24, 2.45) is 12.2 Å². The van der Waals surface area contributed by atoms with Gasteiger partial charge in [0.1, 0.15) is 30.9 Å². The molecule has 0 bridgehead atoms. The highest BCUT2D eigenvalue weighted by atomic mass is 16.6. The van der Waals surface area contributed by atoms with Crippen LogP contribution in [0.5, 0.6) is 11.6 Å². The van der Waals surface area contributed by atoms with Crippen LogP contribution in [-0.4, -0.2) is 35.8 Å². The second kappa shape index (κ2) is 12.1. The molecule has 2 rings (SSSR count). The molecule has 0 aliphatic heterocycles. The smallest absolute Gasteiger partial charge is 0.212 e. The first-order chi connectivity index (χ1) is 14.5. The molecule has 0 fully saturated rings. The van der Waals surface area contributed by atoms with E-state index in [4.69, 9.17) is 14.3 Å². The van der Waals surface area contributed by atoms with E-state index in [1.807, 2.05) is 39.1 Å². The van der Waals surface area contributed by atoms with Gasteiger partial charge in [-0.3, -0.25) is 0 Å². The lowest BCUT2D eigenvalue weighted by molar-refractivity contribution is 0.213. The van der Waals surface area contributed by atoms with E-state index in [1.165, 1.54) is 23.8 Å².